The molecular formula is C21H46P. The Morgan fingerprint density at radius 2 is 0.773 bits per heavy atom. The van der Waals surface area contributed by atoms with Gasteiger partial charge < -0.3 is 0 Å². The van der Waals surface area contributed by atoms with Crippen molar-refractivity contribution in [2.75, 3.05) is 19.5 Å². The quantitative estimate of drug-likeness (QED) is 0.187. The van der Waals surface area contributed by atoms with Crippen LogP contribution >= 0.6 is 7.26 Å². The molecule has 0 heterocycles. The Hall–Kier alpha value is 0.430. The Labute approximate surface area is 143 Å². The van der Waals surface area contributed by atoms with E-state index in [1.54, 1.807) is 0 Å². The molecule has 22 heavy (non-hydrogen) atoms. The molecule has 0 bridgehead atoms. The SMILES string of the molecule is [CH2][PH](C)(C)CCCCCCCCCCCCCCCCCC. The van der Waals surface area contributed by atoms with Crippen LogP contribution in [0, 0.1) is 6.66 Å². The van der Waals surface area contributed by atoms with E-state index in [1.165, 1.54) is 109 Å². The van der Waals surface area contributed by atoms with Crippen LogP contribution in [0.3, 0.4) is 0 Å². The van der Waals surface area contributed by atoms with Crippen LogP contribution in [-0.4, -0.2) is 19.5 Å². The van der Waals surface area contributed by atoms with Gasteiger partial charge in [-0.15, -0.1) is 0 Å². The van der Waals surface area contributed by atoms with Gasteiger partial charge in [0.25, 0.3) is 0 Å². The zero-order valence-electron chi connectivity index (χ0n) is 16.2. The minimum atomic E-state index is -1.01. The van der Waals surface area contributed by atoms with Gasteiger partial charge in [-0.2, -0.15) is 0 Å². The topological polar surface area (TPSA) is 0 Å². The van der Waals surface area contributed by atoms with Gasteiger partial charge in [-0.05, 0) is 0 Å². The maximum atomic E-state index is 4.32. The number of unbranched alkanes of at least 4 members (excludes halogenated alkanes) is 15. The fourth-order valence-electron chi connectivity index (χ4n) is 3.15. The monoisotopic (exact) mass is 329 g/mol. The molecule has 1 radical (unpaired) electrons. The Morgan fingerprint density at radius 1 is 0.500 bits per heavy atom. The summed E-state index contributed by atoms with van der Waals surface area (Å²) in [5.41, 5.74) is 0. The van der Waals surface area contributed by atoms with Gasteiger partial charge >= 0.3 is 104 Å². The molecule has 0 saturated carbocycles. The van der Waals surface area contributed by atoms with Crippen molar-refractivity contribution in [3.63, 3.8) is 0 Å². The molecule has 0 unspecified atom stereocenters. The van der Waals surface area contributed by atoms with Crippen molar-refractivity contribution in [1.29, 1.82) is 0 Å². The minimum Gasteiger partial charge on any atom is -0.0654 e. The Balaban J connectivity index is 3.00. The summed E-state index contributed by atoms with van der Waals surface area (Å²) in [6.07, 6.45) is 24.8. The molecule has 135 valence electrons. The van der Waals surface area contributed by atoms with E-state index < -0.39 is 7.26 Å². The maximum absolute atomic E-state index is 4.32. The molecule has 0 aliphatic carbocycles. The van der Waals surface area contributed by atoms with Gasteiger partial charge in [0, 0.05) is 0 Å². The zero-order chi connectivity index (χ0) is 16.5. The summed E-state index contributed by atoms with van der Waals surface area (Å²) in [6.45, 7) is 11.4. The van der Waals surface area contributed by atoms with Crippen LogP contribution in [0.2, 0.25) is 0 Å². The van der Waals surface area contributed by atoms with E-state index in [1.807, 2.05) is 0 Å². The molecule has 0 aromatic heterocycles. The fourth-order valence-corrected chi connectivity index (χ4v) is 4.36. The van der Waals surface area contributed by atoms with Gasteiger partial charge in [-0.25, -0.2) is 0 Å². The molecule has 0 N–H and O–H groups in total. The van der Waals surface area contributed by atoms with Gasteiger partial charge in [0.05, 0.1) is 0 Å². The molecule has 0 aliphatic rings. The third kappa shape index (κ3) is 20.4. The predicted molar refractivity (Wildman–Crippen MR) is 110 cm³/mol. The summed E-state index contributed by atoms with van der Waals surface area (Å²) >= 11 is 0. The second-order valence-electron chi connectivity index (χ2n) is 8.22. The normalized spacial score (nSPS) is 12.7. The Kier molecular flexibility index (Phi) is 16.6. The van der Waals surface area contributed by atoms with Crippen molar-refractivity contribution in [1.82, 2.24) is 0 Å². The molecule has 0 spiro atoms. The average Bonchev–Trinajstić information content (AvgIpc) is 2.45. The van der Waals surface area contributed by atoms with Crippen molar-refractivity contribution >= 4 is 7.26 Å². The van der Waals surface area contributed by atoms with E-state index in [0.29, 0.717) is 0 Å². The predicted octanol–water partition coefficient (Wildman–Crippen LogP) is 8.05. The van der Waals surface area contributed by atoms with Crippen LogP contribution in [0.5, 0.6) is 0 Å². The summed E-state index contributed by atoms with van der Waals surface area (Å²) in [6, 6.07) is 0. The van der Waals surface area contributed by atoms with Gasteiger partial charge in [-0.1, -0.05) is 39.0 Å². The van der Waals surface area contributed by atoms with Crippen LogP contribution in [0.15, 0.2) is 0 Å². The molecule has 0 aromatic carbocycles. The van der Waals surface area contributed by atoms with Gasteiger partial charge in [0.15, 0.2) is 0 Å². The molecule has 0 nitrogen and oxygen atoms in total. The van der Waals surface area contributed by atoms with Crippen molar-refractivity contribution in [2.24, 2.45) is 0 Å². The molecule has 1 heteroatoms. The van der Waals surface area contributed by atoms with E-state index in [9.17, 15) is 0 Å². The second kappa shape index (κ2) is 16.3. The van der Waals surface area contributed by atoms with E-state index in [4.69, 9.17) is 0 Å². The smallest absolute Gasteiger partial charge is 0.0654 e. The second-order valence-corrected chi connectivity index (χ2v) is 13.0. The molecule has 0 atom stereocenters. The summed E-state index contributed by atoms with van der Waals surface area (Å²) in [7, 11) is -1.01. The van der Waals surface area contributed by atoms with E-state index >= 15 is 0 Å². The third-order valence-corrected chi connectivity index (χ3v) is 6.41. The Bertz CT molecular complexity index is 204. The van der Waals surface area contributed by atoms with Gasteiger partial charge in [0.2, 0.25) is 0 Å². The van der Waals surface area contributed by atoms with Crippen LogP contribution in [-0.2, 0) is 0 Å². The minimum absolute atomic E-state index is 1.01. The van der Waals surface area contributed by atoms with Crippen molar-refractivity contribution in [3.8, 4) is 0 Å². The first-order valence-electron chi connectivity index (χ1n) is 10.4. The average molecular weight is 330 g/mol. The molecule has 0 saturated heterocycles. The van der Waals surface area contributed by atoms with E-state index in [0.717, 1.165) is 0 Å². The first kappa shape index (κ1) is 22.4. The van der Waals surface area contributed by atoms with E-state index in [-0.39, 0.29) is 0 Å². The number of rotatable bonds is 17. The molecule has 0 aromatic rings. The summed E-state index contributed by atoms with van der Waals surface area (Å²) < 4.78 is 0. The molecular weight excluding hydrogens is 283 g/mol. The Morgan fingerprint density at radius 3 is 1.05 bits per heavy atom. The van der Waals surface area contributed by atoms with Crippen molar-refractivity contribution < 1.29 is 0 Å². The van der Waals surface area contributed by atoms with Crippen LogP contribution in [0.1, 0.15) is 110 Å². The van der Waals surface area contributed by atoms with Crippen LogP contribution in [0.25, 0.3) is 0 Å². The summed E-state index contributed by atoms with van der Waals surface area (Å²) in [5, 5.41) is 0. The third-order valence-electron chi connectivity index (χ3n) is 4.71. The van der Waals surface area contributed by atoms with Crippen molar-refractivity contribution in [3.05, 3.63) is 6.66 Å². The fraction of sp³-hybridized carbons (Fsp3) is 0.952. The molecule has 0 fully saturated rings. The standard InChI is InChI=1S/C21H46P/c1-5-6-7-8-9-10-11-12-13-14-15-16-17-18-19-20-21-22(2,3)4/h22H,2,5-21H2,1,3-4H3. The van der Waals surface area contributed by atoms with Crippen LogP contribution < -0.4 is 0 Å². The first-order chi connectivity index (χ1) is 10.6. The summed E-state index contributed by atoms with van der Waals surface area (Å²) in [5.74, 6) is 0. The van der Waals surface area contributed by atoms with E-state index in [2.05, 4.69) is 26.9 Å². The van der Waals surface area contributed by atoms with Crippen LogP contribution in [0.4, 0.5) is 0 Å². The van der Waals surface area contributed by atoms with Gasteiger partial charge in [0.1, 0.15) is 0 Å². The number of hydrogen-bond acceptors (Lipinski definition) is 0. The zero-order valence-corrected chi connectivity index (χ0v) is 17.2. The molecule has 0 rings (SSSR count). The molecule has 0 amide bonds. The molecule has 0 aliphatic heterocycles. The van der Waals surface area contributed by atoms with Crippen molar-refractivity contribution in [2.45, 2.75) is 110 Å². The summed E-state index contributed by atoms with van der Waals surface area (Å²) in [4.78, 5) is 0. The van der Waals surface area contributed by atoms with Gasteiger partial charge in [-0.3, -0.25) is 0 Å². The first-order valence-corrected chi connectivity index (χ1v) is 13.8. The number of hydrogen-bond donors (Lipinski definition) is 0.